The molecule has 1 N–H and O–H groups in total. The summed E-state index contributed by atoms with van der Waals surface area (Å²) in [6, 6.07) is 9.38. The van der Waals surface area contributed by atoms with E-state index in [2.05, 4.69) is 10.5 Å². The number of hydrogen-bond acceptors (Lipinski definition) is 3. The molecule has 1 heterocycles. The third-order valence-electron chi connectivity index (χ3n) is 2.95. The van der Waals surface area contributed by atoms with Crippen molar-refractivity contribution in [3.63, 3.8) is 0 Å². The third-order valence-corrected chi connectivity index (χ3v) is 2.95. The Bertz CT molecular complexity index is 507. The molecule has 1 aliphatic rings. The molecule has 2 amide bonds. The topological polar surface area (TPSA) is 61.8 Å². The van der Waals surface area contributed by atoms with Gasteiger partial charge >= 0.3 is 0 Å². The molecule has 1 atom stereocenters. The van der Waals surface area contributed by atoms with E-state index >= 15 is 0 Å². The molecule has 1 saturated heterocycles. The maximum Gasteiger partial charge on any atom is 0.245 e. The zero-order valence-corrected chi connectivity index (χ0v) is 11.1. The molecule has 19 heavy (non-hydrogen) atoms. The van der Waals surface area contributed by atoms with Gasteiger partial charge in [-0.3, -0.25) is 9.59 Å². The molecule has 0 bridgehead atoms. The molecule has 1 aromatic rings. The molecule has 5 heteroatoms. The van der Waals surface area contributed by atoms with Crippen molar-refractivity contribution in [1.82, 2.24) is 5.43 Å². The van der Waals surface area contributed by atoms with Gasteiger partial charge in [-0.25, -0.2) is 5.43 Å². The van der Waals surface area contributed by atoms with Gasteiger partial charge in [-0.05, 0) is 26.0 Å². The number of hydrazone groups is 1. The normalized spacial score (nSPS) is 18.3. The van der Waals surface area contributed by atoms with E-state index in [0.717, 1.165) is 11.4 Å². The van der Waals surface area contributed by atoms with E-state index < -0.39 is 0 Å². The number of nitrogens with zero attached hydrogens (tertiary/aromatic N) is 2. The van der Waals surface area contributed by atoms with Crippen LogP contribution in [-0.2, 0) is 9.59 Å². The first-order valence-corrected chi connectivity index (χ1v) is 6.24. The summed E-state index contributed by atoms with van der Waals surface area (Å²) in [4.78, 5) is 25.5. The van der Waals surface area contributed by atoms with Gasteiger partial charge in [0.15, 0.2) is 0 Å². The second-order valence-corrected chi connectivity index (χ2v) is 4.78. The van der Waals surface area contributed by atoms with E-state index in [4.69, 9.17) is 0 Å². The maximum absolute atomic E-state index is 11.9. The zero-order chi connectivity index (χ0) is 13.8. The lowest BCUT2D eigenvalue weighted by atomic mass is 10.1. The summed E-state index contributed by atoms with van der Waals surface area (Å²) in [5.41, 5.74) is 4.09. The fourth-order valence-corrected chi connectivity index (χ4v) is 2.00. The van der Waals surface area contributed by atoms with Crippen LogP contribution in [0.1, 0.15) is 20.3 Å². The Kier molecular flexibility index (Phi) is 3.94. The first kappa shape index (κ1) is 13.3. The Balaban J connectivity index is 2.04. The number of amides is 2. The lowest BCUT2D eigenvalue weighted by Crippen LogP contribution is -2.30. The number of anilines is 1. The molecule has 0 aliphatic carbocycles. The third kappa shape index (κ3) is 3.19. The number of carbonyl (C=O) groups is 2. The summed E-state index contributed by atoms with van der Waals surface area (Å²) >= 11 is 0. The van der Waals surface area contributed by atoms with E-state index in [0.29, 0.717) is 6.54 Å². The van der Waals surface area contributed by atoms with Crippen molar-refractivity contribution in [3.05, 3.63) is 30.3 Å². The molecule has 1 aromatic carbocycles. The smallest absolute Gasteiger partial charge is 0.245 e. The minimum absolute atomic E-state index is 0.0245. The minimum atomic E-state index is -0.337. The number of carbonyl (C=O) groups excluding carboxylic acids is 2. The van der Waals surface area contributed by atoms with E-state index in [1.54, 1.807) is 18.7 Å². The largest absolute Gasteiger partial charge is 0.312 e. The van der Waals surface area contributed by atoms with Gasteiger partial charge in [0.25, 0.3) is 0 Å². The van der Waals surface area contributed by atoms with E-state index in [1.165, 1.54) is 0 Å². The second kappa shape index (κ2) is 5.65. The van der Waals surface area contributed by atoms with Gasteiger partial charge in [-0.2, -0.15) is 5.10 Å². The van der Waals surface area contributed by atoms with Crippen molar-refractivity contribution in [2.24, 2.45) is 11.0 Å². The average Bonchev–Trinajstić information content (AvgIpc) is 2.79. The van der Waals surface area contributed by atoms with Gasteiger partial charge < -0.3 is 4.90 Å². The molecular formula is C14H17N3O2. The van der Waals surface area contributed by atoms with Crippen LogP contribution in [0.25, 0.3) is 0 Å². The summed E-state index contributed by atoms with van der Waals surface area (Å²) in [6.45, 7) is 4.01. The summed E-state index contributed by atoms with van der Waals surface area (Å²) in [5, 5.41) is 3.88. The maximum atomic E-state index is 11.9. The molecule has 0 spiro atoms. The van der Waals surface area contributed by atoms with Crippen molar-refractivity contribution in [1.29, 1.82) is 0 Å². The van der Waals surface area contributed by atoms with E-state index in [-0.39, 0.29) is 24.2 Å². The lowest BCUT2D eigenvalue weighted by molar-refractivity contribution is -0.126. The second-order valence-electron chi connectivity index (χ2n) is 4.78. The van der Waals surface area contributed by atoms with Crippen LogP contribution in [0.2, 0.25) is 0 Å². The van der Waals surface area contributed by atoms with Gasteiger partial charge in [0.2, 0.25) is 11.8 Å². The number of hydrogen-bond donors (Lipinski definition) is 1. The van der Waals surface area contributed by atoms with Crippen LogP contribution in [0, 0.1) is 5.92 Å². The van der Waals surface area contributed by atoms with Crippen LogP contribution >= 0.6 is 0 Å². The molecule has 1 aliphatic heterocycles. The van der Waals surface area contributed by atoms with Crippen LogP contribution in [0.15, 0.2) is 35.4 Å². The highest BCUT2D eigenvalue weighted by Crippen LogP contribution is 2.24. The van der Waals surface area contributed by atoms with Crippen LogP contribution < -0.4 is 10.3 Å². The Morgan fingerprint density at radius 2 is 2.00 bits per heavy atom. The Labute approximate surface area is 112 Å². The van der Waals surface area contributed by atoms with E-state index in [1.807, 2.05) is 30.3 Å². The van der Waals surface area contributed by atoms with E-state index in [9.17, 15) is 9.59 Å². The number of rotatable bonds is 3. The highest BCUT2D eigenvalue weighted by Gasteiger charge is 2.34. The first-order valence-electron chi connectivity index (χ1n) is 6.24. The fraction of sp³-hybridized carbons (Fsp3) is 0.357. The monoisotopic (exact) mass is 259 g/mol. The van der Waals surface area contributed by atoms with Gasteiger partial charge in [-0.1, -0.05) is 18.2 Å². The molecule has 0 saturated carbocycles. The number of para-hydroxylation sites is 1. The van der Waals surface area contributed by atoms with Gasteiger partial charge in [0, 0.05) is 24.4 Å². The van der Waals surface area contributed by atoms with Crippen molar-refractivity contribution in [3.8, 4) is 0 Å². The Morgan fingerprint density at radius 3 is 2.63 bits per heavy atom. The molecule has 1 fully saturated rings. The molecule has 2 rings (SSSR count). The predicted octanol–water partition coefficient (Wildman–Crippen LogP) is 1.55. The molecule has 0 radical (unpaired) electrons. The standard InChI is InChI=1S/C14H17N3O2/c1-10(2)15-16-14(19)11-8-13(18)17(9-11)12-6-4-3-5-7-12/h3-7,11H,8-9H2,1-2H3,(H,16,19). The number of nitrogens with one attached hydrogen (secondary N) is 1. The van der Waals surface area contributed by atoms with Crippen molar-refractivity contribution >= 4 is 23.2 Å². The molecule has 0 aromatic heterocycles. The summed E-state index contributed by atoms with van der Waals surface area (Å²) in [5.74, 6) is -0.563. The highest BCUT2D eigenvalue weighted by molar-refractivity contribution is 6.00. The summed E-state index contributed by atoms with van der Waals surface area (Å²) < 4.78 is 0. The fourth-order valence-electron chi connectivity index (χ4n) is 2.00. The van der Waals surface area contributed by atoms with Crippen molar-refractivity contribution in [2.75, 3.05) is 11.4 Å². The molecule has 1 unspecified atom stereocenters. The molecular weight excluding hydrogens is 242 g/mol. The quantitative estimate of drug-likeness (QED) is 0.661. The average molecular weight is 259 g/mol. The SMILES string of the molecule is CC(C)=NNC(=O)C1CC(=O)N(c2ccccc2)C1. The summed E-state index contributed by atoms with van der Waals surface area (Å²) in [6.07, 6.45) is 0.235. The van der Waals surface area contributed by atoms with Gasteiger partial charge in [-0.15, -0.1) is 0 Å². The number of benzene rings is 1. The zero-order valence-electron chi connectivity index (χ0n) is 11.1. The summed E-state index contributed by atoms with van der Waals surface area (Å²) in [7, 11) is 0. The lowest BCUT2D eigenvalue weighted by Gasteiger charge is -2.16. The van der Waals surface area contributed by atoms with Crippen LogP contribution in [0.4, 0.5) is 5.69 Å². The Morgan fingerprint density at radius 1 is 1.32 bits per heavy atom. The molecule has 100 valence electrons. The van der Waals surface area contributed by atoms with Crippen LogP contribution in [0.5, 0.6) is 0 Å². The van der Waals surface area contributed by atoms with Gasteiger partial charge in [0.1, 0.15) is 0 Å². The minimum Gasteiger partial charge on any atom is -0.312 e. The predicted molar refractivity (Wildman–Crippen MR) is 73.8 cm³/mol. The van der Waals surface area contributed by atoms with Crippen molar-refractivity contribution < 1.29 is 9.59 Å². The first-order chi connectivity index (χ1) is 9.08. The van der Waals surface area contributed by atoms with Crippen molar-refractivity contribution in [2.45, 2.75) is 20.3 Å². The van der Waals surface area contributed by atoms with Crippen LogP contribution in [0.3, 0.4) is 0 Å². The van der Waals surface area contributed by atoms with Crippen LogP contribution in [-0.4, -0.2) is 24.1 Å². The Hall–Kier alpha value is -2.17. The van der Waals surface area contributed by atoms with Gasteiger partial charge in [0.05, 0.1) is 5.92 Å². The molecule has 5 nitrogen and oxygen atoms in total. The highest BCUT2D eigenvalue weighted by atomic mass is 16.2.